The van der Waals surface area contributed by atoms with E-state index >= 15 is 0 Å². The fourth-order valence-corrected chi connectivity index (χ4v) is 2.44. The summed E-state index contributed by atoms with van der Waals surface area (Å²) in [5, 5.41) is 0. The first-order valence-electron chi connectivity index (χ1n) is 8.64. The fraction of sp³-hybridized carbons (Fsp3) is 0.882. The molecule has 1 heterocycles. The van der Waals surface area contributed by atoms with Crippen LogP contribution >= 0.6 is 0 Å². The van der Waals surface area contributed by atoms with Gasteiger partial charge in [-0.2, -0.15) is 0 Å². The van der Waals surface area contributed by atoms with Crippen LogP contribution in [-0.2, 0) is 28.5 Å². The van der Waals surface area contributed by atoms with Crippen molar-refractivity contribution < 1.29 is 28.5 Å². The SMILES string of the molecule is CC(CCN=C=O)O[C@@H]1COC[C@H](OC(C)CCN=C=O)C(C)OC1. The van der Waals surface area contributed by atoms with Crippen LogP contribution in [0.2, 0.25) is 0 Å². The maximum Gasteiger partial charge on any atom is 0.234 e. The van der Waals surface area contributed by atoms with Gasteiger partial charge in [0.05, 0.1) is 51.2 Å². The molecule has 142 valence electrons. The molecule has 0 aromatic rings. The van der Waals surface area contributed by atoms with Gasteiger partial charge in [0.15, 0.2) is 0 Å². The van der Waals surface area contributed by atoms with Crippen LogP contribution in [0.25, 0.3) is 0 Å². The molecule has 0 saturated carbocycles. The van der Waals surface area contributed by atoms with E-state index in [1.807, 2.05) is 20.8 Å². The second kappa shape index (κ2) is 12.9. The van der Waals surface area contributed by atoms with Crippen LogP contribution in [0.3, 0.4) is 0 Å². The molecule has 25 heavy (non-hydrogen) atoms. The lowest BCUT2D eigenvalue weighted by Crippen LogP contribution is -2.43. The van der Waals surface area contributed by atoms with Crippen molar-refractivity contribution >= 4 is 12.2 Å². The van der Waals surface area contributed by atoms with Crippen molar-refractivity contribution in [2.24, 2.45) is 9.98 Å². The van der Waals surface area contributed by atoms with Crippen molar-refractivity contribution in [3.63, 3.8) is 0 Å². The summed E-state index contributed by atoms with van der Waals surface area (Å²) in [7, 11) is 0. The van der Waals surface area contributed by atoms with E-state index in [-0.39, 0.29) is 30.5 Å². The summed E-state index contributed by atoms with van der Waals surface area (Å²) in [5.41, 5.74) is 0. The Bertz CT molecular complexity index is 462. The van der Waals surface area contributed by atoms with Crippen LogP contribution in [0.15, 0.2) is 9.98 Å². The zero-order valence-electron chi connectivity index (χ0n) is 15.2. The summed E-state index contributed by atoms with van der Waals surface area (Å²) in [6.45, 7) is 7.83. The molecule has 1 fully saturated rings. The van der Waals surface area contributed by atoms with E-state index in [0.29, 0.717) is 45.8 Å². The minimum Gasteiger partial charge on any atom is -0.376 e. The third-order valence-electron chi connectivity index (χ3n) is 3.91. The summed E-state index contributed by atoms with van der Waals surface area (Å²) < 4.78 is 23.4. The molecule has 0 aromatic heterocycles. The number of ether oxygens (including phenoxy) is 4. The van der Waals surface area contributed by atoms with E-state index in [1.165, 1.54) is 12.2 Å². The topological polar surface area (TPSA) is 95.8 Å². The largest absolute Gasteiger partial charge is 0.376 e. The average molecular weight is 356 g/mol. The number of aliphatic imine (C=N–C) groups is 2. The first-order valence-corrected chi connectivity index (χ1v) is 8.64. The lowest BCUT2D eigenvalue weighted by Gasteiger charge is -2.32. The number of carbonyl (C=O) groups excluding carboxylic acids is 2. The van der Waals surface area contributed by atoms with Gasteiger partial charge in [0.2, 0.25) is 12.2 Å². The second-order valence-electron chi connectivity index (χ2n) is 6.15. The van der Waals surface area contributed by atoms with Gasteiger partial charge >= 0.3 is 0 Å². The number of hydrogen-bond donors (Lipinski definition) is 0. The van der Waals surface area contributed by atoms with Crippen LogP contribution in [0.5, 0.6) is 0 Å². The molecular weight excluding hydrogens is 328 g/mol. The first-order chi connectivity index (χ1) is 12.1. The minimum absolute atomic E-state index is 0.0468. The van der Waals surface area contributed by atoms with Gasteiger partial charge in [0.1, 0.15) is 12.2 Å². The Morgan fingerprint density at radius 3 is 2.20 bits per heavy atom. The minimum atomic E-state index is -0.185. The van der Waals surface area contributed by atoms with Crippen molar-refractivity contribution in [2.75, 3.05) is 32.9 Å². The normalized spacial score (nSPS) is 26.4. The van der Waals surface area contributed by atoms with E-state index in [9.17, 15) is 9.59 Å². The lowest BCUT2D eigenvalue weighted by atomic mass is 10.2. The van der Waals surface area contributed by atoms with E-state index in [0.717, 1.165) is 0 Å². The van der Waals surface area contributed by atoms with Gasteiger partial charge in [-0.1, -0.05) is 0 Å². The van der Waals surface area contributed by atoms with Crippen LogP contribution in [0.4, 0.5) is 0 Å². The van der Waals surface area contributed by atoms with Crippen molar-refractivity contribution in [1.29, 1.82) is 0 Å². The van der Waals surface area contributed by atoms with Crippen molar-refractivity contribution in [2.45, 2.75) is 64.1 Å². The zero-order valence-corrected chi connectivity index (χ0v) is 15.2. The quantitative estimate of drug-likeness (QED) is 0.434. The predicted octanol–water partition coefficient (Wildman–Crippen LogP) is 1.42. The second-order valence-corrected chi connectivity index (χ2v) is 6.15. The third kappa shape index (κ3) is 9.60. The molecule has 8 nitrogen and oxygen atoms in total. The highest BCUT2D eigenvalue weighted by Gasteiger charge is 2.26. The molecule has 0 aromatic carbocycles. The summed E-state index contributed by atoms with van der Waals surface area (Å²) in [4.78, 5) is 27.2. The van der Waals surface area contributed by atoms with Crippen molar-refractivity contribution in [3.8, 4) is 0 Å². The molecule has 0 radical (unpaired) electrons. The van der Waals surface area contributed by atoms with Crippen LogP contribution < -0.4 is 0 Å². The summed E-state index contributed by atoms with van der Waals surface area (Å²) >= 11 is 0. The molecule has 0 bridgehead atoms. The molecule has 0 spiro atoms. The number of rotatable bonds is 10. The molecule has 5 atom stereocenters. The van der Waals surface area contributed by atoms with Gasteiger partial charge in [-0.15, -0.1) is 0 Å². The van der Waals surface area contributed by atoms with Crippen LogP contribution in [-0.4, -0.2) is 75.6 Å². The Morgan fingerprint density at radius 2 is 1.60 bits per heavy atom. The Morgan fingerprint density at radius 1 is 1.00 bits per heavy atom. The van der Waals surface area contributed by atoms with Crippen molar-refractivity contribution in [1.82, 2.24) is 0 Å². The van der Waals surface area contributed by atoms with Gasteiger partial charge in [-0.05, 0) is 33.6 Å². The number of nitrogens with zero attached hydrogens (tertiary/aromatic N) is 2. The standard InChI is InChI=1S/C17H28N2O6/c1-13(4-6-18-11-20)24-16-8-22-10-17(15(3)23-9-16)25-14(2)5-7-19-12-21/h13-17H,4-10H2,1-3H3/t13?,14?,15?,16-,17+/m1/s1. The van der Waals surface area contributed by atoms with Gasteiger partial charge < -0.3 is 18.9 Å². The first kappa shape index (κ1) is 21.6. The molecule has 1 aliphatic heterocycles. The monoisotopic (exact) mass is 356 g/mol. The lowest BCUT2D eigenvalue weighted by molar-refractivity contribution is -0.175. The van der Waals surface area contributed by atoms with Gasteiger partial charge in [0, 0.05) is 0 Å². The van der Waals surface area contributed by atoms with E-state index in [1.54, 1.807) is 0 Å². The van der Waals surface area contributed by atoms with Crippen molar-refractivity contribution in [3.05, 3.63) is 0 Å². The molecule has 1 saturated heterocycles. The predicted molar refractivity (Wildman–Crippen MR) is 90.1 cm³/mol. The highest BCUT2D eigenvalue weighted by Crippen LogP contribution is 2.15. The summed E-state index contributed by atoms with van der Waals surface area (Å²) in [6, 6.07) is 0. The average Bonchev–Trinajstić information content (AvgIpc) is 2.57. The summed E-state index contributed by atoms with van der Waals surface area (Å²) in [6.07, 6.45) is 3.74. The Labute approximate surface area is 148 Å². The Balaban J connectivity index is 2.36. The Hall–Kier alpha value is -1.40. The van der Waals surface area contributed by atoms with E-state index < -0.39 is 0 Å². The van der Waals surface area contributed by atoms with Gasteiger partial charge in [-0.3, -0.25) is 0 Å². The number of isocyanates is 2. The molecular formula is C17H28N2O6. The van der Waals surface area contributed by atoms with Gasteiger partial charge in [0.25, 0.3) is 0 Å². The fourth-order valence-electron chi connectivity index (χ4n) is 2.44. The molecule has 8 heteroatoms. The van der Waals surface area contributed by atoms with E-state index in [4.69, 9.17) is 18.9 Å². The number of hydrogen-bond acceptors (Lipinski definition) is 8. The third-order valence-corrected chi connectivity index (χ3v) is 3.91. The van der Waals surface area contributed by atoms with E-state index in [2.05, 4.69) is 9.98 Å². The maximum absolute atomic E-state index is 10.1. The molecule has 1 rings (SSSR count). The molecule has 3 unspecified atom stereocenters. The maximum atomic E-state index is 10.1. The molecule has 0 aliphatic carbocycles. The van der Waals surface area contributed by atoms with Crippen LogP contribution in [0, 0.1) is 0 Å². The molecule has 1 aliphatic rings. The van der Waals surface area contributed by atoms with Crippen LogP contribution in [0.1, 0.15) is 33.6 Å². The highest BCUT2D eigenvalue weighted by atomic mass is 16.6. The molecule has 0 amide bonds. The molecule has 0 N–H and O–H groups in total. The smallest absolute Gasteiger partial charge is 0.234 e. The summed E-state index contributed by atoms with van der Waals surface area (Å²) in [5.74, 6) is 0. The zero-order chi connectivity index (χ0) is 18.5. The van der Waals surface area contributed by atoms with Gasteiger partial charge in [-0.25, -0.2) is 19.6 Å². The highest BCUT2D eigenvalue weighted by molar-refractivity contribution is 5.32. The Kier molecular flexibility index (Phi) is 11.2.